The highest BCUT2D eigenvalue weighted by atomic mass is 16.2. The fourth-order valence-corrected chi connectivity index (χ4v) is 1.82. The lowest BCUT2D eigenvalue weighted by Crippen LogP contribution is -2.19. The molecule has 0 fully saturated rings. The molecule has 0 bridgehead atoms. The molecule has 0 aliphatic heterocycles. The minimum Gasteiger partial charge on any atom is -0.267 e. The lowest BCUT2D eigenvalue weighted by atomic mass is 10.0. The highest BCUT2D eigenvalue weighted by molar-refractivity contribution is 6.01. The molecule has 3 nitrogen and oxygen atoms in total. The molecule has 0 heterocycles. The molecule has 0 aliphatic carbocycles. The summed E-state index contributed by atoms with van der Waals surface area (Å²) in [6.07, 6.45) is 0. The van der Waals surface area contributed by atoms with E-state index in [1.165, 1.54) is 11.1 Å². The number of hydrogen-bond acceptors (Lipinski definition) is 2. The summed E-state index contributed by atoms with van der Waals surface area (Å²) in [5, 5.41) is 4.16. The standard InChI is InChI=1S/C17H18N2O/c1-12-9-10-16(11-13(12)2)14(3)18-19-17(20)15-7-5-4-6-8-15/h4-11H,1-3H3,(H,19,20)/b18-14-. The van der Waals surface area contributed by atoms with Gasteiger partial charge in [-0.05, 0) is 55.7 Å². The summed E-state index contributed by atoms with van der Waals surface area (Å²) < 4.78 is 0. The third-order valence-electron chi connectivity index (χ3n) is 3.29. The van der Waals surface area contributed by atoms with Crippen molar-refractivity contribution in [3.63, 3.8) is 0 Å². The van der Waals surface area contributed by atoms with Crippen LogP contribution in [-0.2, 0) is 0 Å². The Kier molecular flexibility index (Phi) is 4.31. The monoisotopic (exact) mass is 266 g/mol. The van der Waals surface area contributed by atoms with Crippen LogP contribution in [0, 0.1) is 13.8 Å². The molecule has 2 aromatic rings. The van der Waals surface area contributed by atoms with Crippen LogP contribution in [-0.4, -0.2) is 11.6 Å². The number of hydrazone groups is 1. The van der Waals surface area contributed by atoms with Crippen LogP contribution in [0.2, 0.25) is 0 Å². The molecule has 1 N–H and O–H groups in total. The van der Waals surface area contributed by atoms with E-state index in [0.717, 1.165) is 11.3 Å². The van der Waals surface area contributed by atoms with Crippen LogP contribution in [0.25, 0.3) is 0 Å². The maximum atomic E-state index is 11.9. The van der Waals surface area contributed by atoms with E-state index >= 15 is 0 Å². The Bertz CT molecular complexity index is 645. The molecule has 0 aliphatic rings. The first-order valence-corrected chi connectivity index (χ1v) is 6.55. The molecule has 0 aromatic heterocycles. The largest absolute Gasteiger partial charge is 0.271 e. The number of hydrogen-bond donors (Lipinski definition) is 1. The minimum atomic E-state index is -0.200. The van der Waals surface area contributed by atoms with Crippen molar-refractivity contribution in [2.75, 3.05) is 0 Å². The minimum absolute atomic E-state index is 0.200. The van der Waals surface area contributed by atoms with Crippen molar-refractivity contribution in [3.8, 4) is 0 Å². The van der Waals surface area contributed by atoms with Gasteiger partial charge in [0, 0.05) is 5.56 Å². The second-order valence-corrected chi connectivity index (χ2v) is 4.80. The summed E-state index contributed by atoms with van der Waals surface area (Å²) in [6, 6.07) is 15.2. The van der Waals surface area contributed by atoms with Gasteiger partial charge < -0.3 is 0 Å². The number of aryl methyl sites for hydroxylation is 2. The highest BCUT2D eigenvalue weighted by Crippen LogP contribution is 2.10. The van der Waals surface area contributed by atoms with Crippen LogP contribution in [0.3, 0.4) is 0 Å². The molecule has 2 aromatic carbocycles. The number of rotatable bonds is 3. The lowest BCUT2D eigenvalue weighted by Gasteiger charge is -2.05. The summed E-state index contributed by atoms with van der Waals surface area (Å²) in [6.45, 7) is 6.02. The predicted molar refractivity (Wildman–Crippen MR) is 82.0 cm³/mol. The number of carbonyl (C=O) groups excluding carboxylic acids is 1. The average Bonchev–Trinajstić information content (AvgIpc) is 2.48. The van der Waals surface area contributed by atoms with Gasteiger partial charge in [-0.3, -0.25) is 4.79 Å². The summed E-state index contributed by atoms with van der Waals surface area (Å²) in [5.41, 5.74) is 7.45. The van der Waals surface area contributed by atoms with Gasteiger partial charge in [0.25, 0.3) is 5.91 Å². The molecule has 0 saturated carbocycles. The van der Waals surface area contributed by atoms with Gasteiger partial charge >= 0.3 is 0 Å². The van der Waals surface area contributed by atoms with Crippen molar-refractivity contribution >= 4 is 11.6 Å². The zero-order valence-electron chi connectivity index (χ0n) is 12.0. The van der Waals surface area contributed by atoms with E-state index in [-0.39, 0.29) is 5.91 Å². The Morgan fingerprint density at radius 1 is 0.950 bits per heavy atom. The lowest BCUT2D eigenvalue weighted by molar-refractivity contribution is 0.0955. The fourth-order valence-electron chi connectivity index (χ4n) is 1.82. The van der Waals surface area contributed by atoms with Gasteiger partial charge in [0.2, 0.25) is 0 Å². The molecule has 20 heavy (non-hydrogen) atoms. The number of benzene rings is 2. The first-order valence-electron chi connectivity index (χ1n) is 6.55. The maximum absolute atomic E-state index is 11.9. The molecular weight excluding hydrogens is 248 g/mol. The molecule has 0 unspecified atom stereocenters. The molecule has 0 saturated heterocycles. The first kappa shape index (κ1) is 14.0. The average molecular weight is 266 g/mol. The van der Waals surface area contributed by atoms with E-state index in [1.54, 1.807) is 12.1 Å². The predicted octanol–water partition coefficient (Wildman–Crippen LogP) is 3.46. The Balaban J connectivity index is 2.11. The second kappa shape index (κ2) is 6.15. The van der Waals surface area contributed by atoms with Crippen LogP contribution < -0.4 is 5.43 Å². The molecule has 0 spiro atoms. The van der Waals surface area contributed by atoms with E-state index in [9.17, 15) is 4.79 Å². The fraction of sp³-hybridized carbons (Fsp3) is 0.176. The Morgan fingerprint density at radius 3 is 2.30 bits per heavy atom. The van der Waals surface area contributed by atoms with Crippen molar-refractivity contribution in [2.45, 2.75) is 20.8 Å². The molecular formula is C17H18N2O. The van der Waals surface area contributed by atoms with Crippen molar-refractivity contribution in [2.24, 2.45) is 5.10 Å². The Hall–Kier alpha value is -2.42. The van der Waals surface area contributed by atoms with Crippen LogP contribution in [0.4, 0.5) is 0 Å². The Morgan fingerprint density at radius 2 is 1.65 bits per heavy atom. The van der Waals surface area contributed by atoms with E-state index in [2.05, 4.69) is 36.5 Å². The molecule has 1 amide bonds. The number of nitrogens with one attached hydrogen (secondary N) is 1. The quantitative estimate of drug-likeness (QED) is 0.671. The summed E-state index contributed by atoms with van der Waals surface area (Å²) in [5.74, 6) is -0.200. The first-order chi connectivity index (χ1) is 9.58. The Labute approximate surface area is 119 Å². The molecule has 0 atom stereocenters. The van der Waals surface area contributed by atoms with Gasteiger partial charge in [-0.1, -0.05) is 30.3 Å². The van der Waals surface area contributed by atoms with Crippen molar-refractivity contribution in [1.29, 1.82) is 0 Å². The van der Waals surface area contributed by atoms with Gasteiger partial charge in [0.05, 0.1) is 5.71 Å². The zero-order chi connectivity index (χ0) is 14.5. The van der Waals surface area contributed by atoms with Gasteiger partial charge in [0.1, 0.15) is 0 Å². The third-order valence-corrected chi connectivity index (χ3v) is 3.29. The second-order valence-electron chi connectivity index (χ2n) is 4.80. The topological polar surface area (TPSA) is 41.5 Å². The van der Waals surface area contributed by atoms with Gasteiger partial charge in [0.15, 0.2) is 0 Å². The number of nitrogens with zero attached hydrogens (tertiary/aromatic N) is 1. The van der Waals surface area contributed by atoms with E-state index in [4.69, 9.17) is 0 Å². The van der Waals surface area contributed by atoms with Crippen LogP contribution in [0.5, 0.6) is 0 Å². The highest BCUT2D eigenvalue weighted by Gasteiger charge is 2.04. The van der Waals surface area contributed by atoms with Crippen molar-refractivity contribution in [3.05, 3.63) is 70.8 Å². The van der Waals surface area contributed by atoms with E-state index < -0.39 is 0 Å². The van der Waals surface area contributed by atoms with Gasteiger partial charge in [-0.2, -0.15) is 5.10 Å². The molecule has 0 radical (unpaired) electrons. The number of amides is 1. The summed E-state index contributed by atoms with van der Waals surface area (Å²) >= 11 is 0. The third kappa shape index (κ3) is 3.32. The van der Waals surface area contributed by atoms with Gasteiger partial charge in [-0.15, -0.1) is 0 Å². The van der Waals surface area contributed by atoms with Crippen LogP contribution in [0.1, 0.15) is 34.0 Å². The van der Waals surface area contributed by atoms with Crippen LogP contribution >= 0.6 is 0 Å². The van der Waals surface area contributed by atoms with E-state index in [0.29, 0.717) is 5.56 Å². The van der Waals surface area contributed by atoms with Crippen LogP contribution in [0.15, 0.2) is 53.6 Å². The normalized spacial score (nSPS) is 11.2. The SMILES string of the molecule is C/C(=N/NC(=O)c1ccccc1)c1ccc(C)c(C)c1. The maximum Gasteiger partial charge on any atom is 0.271 e. The van der Waals surface area contributed by atoms with E-state index in [1.807, 2.05) is 31.2 Å². The molecule has 102 valence electrons. The van der Waals surface area contributed by atoms with Gasteiger partial charge in [-0.25, -0.2) is 5.43 Å². The molecule has 3 heteroatoms. The smallest absolute Gasteiger partial charge is 0.267 e. The summed E-state index contributed by atoms with van der Waals surface area (Å²) in [4.78, 5) is 11.9. The van der Waals surface area contributed by atoms with Crippen molar-refractivity contribution in [1.82, 2.24) is 5.43 Å². The zero-order valence-corrected chi connectivity index (χ0v) is 12.0. The molecule has 2 rings (SSSR count). The van der Waals surface area contributed by atoms with Crippen molar-refractivity contribution < 1.29 is 4.79 Å². The number of carbonyl (C=O) groups is 1. The summed E-state index contributed by atoms with van der Waals surface area (Å²) in [7, 11) is 0.